The summed E-state index contributed by atoms with van der Waals surface area (Å²) in [5.41, 5.74) is 0.530. The first kappa shape index (κ1) is 19.9. The molecular weight excluding hydrogens is 354 g/mol. The number of aliphatic hydroxyl groups excluding tert-OH is 1. The van der Waals surface area contributed by atoms with E-state index in [4.69, 9.17) is 0 Å². The van der Waals surface area contributed by atoms with Crippen LogP contribution in [0.1, 0.15) is 37.5 Å². The van der Waals surface area contributed by atoms with E-state index >= 15 is 0 Å². The number of aromatic nitrogens is 1. The van der Waals surface area contributed by atoms with Crippen molar-refractivity contribution in [1.82, 2.24) is 15.2 Å². The average Bonchev–Trinajstić information content (AvgIpc) is 2.91. The van der Waals surface area contributed by atoms with E-state index in [0.29, 0.717) is 11.1 Å². The summed E-state index contributed by atoms with van der Waals surface area (Å²) in [6, 6.07) is 10.8. The van der Waals surface area contributed by atoms with Gasteiger partial charge in [-0.25, -0.2) is 0 Å². The van der Waals surface area contributed by atoms with Crippen LogP contribution in [-0.4, -0.2) is 21.9 Å². The Morgan fingerprint density at radius 1 is 1.18 bits per heavy atom. The van der Waals surface area contributed by atoms with Crippen LogP contribution in [-0.2, 0) is 16.9 Å². The van der Waals surface area contributed by atoms with E-state index in [9.17, 15) is 14.7 Å². The number of pyridine rings is 1. The van der Waals surface area contributed by atoms with Gasteiger partial charge in [0.25, 0.3) is 5.56 Å². The third-order valence-electron chi connectivity index (χ3n) is 4.62. The molecule has 2 unspecified atom stereocenters. The van der Waals surface area contributed by atoms with E-state index in [1.54, 1.807) is 37.4 Å². The number of benzene rings is 1. The van der Waals surface area contributed by atoms with Crippen molar-refractivity contribution in [2.24, 2.45) is 5.41 Å². The molecule has 2 heterocycles. The molecule has 0 spiro atoms. The smallest absolute Gasteiger partial charge is 0.253 e. The van der Waals surface area contributed by atoms with E-state index in [-0.39, 0.29) is 23.4 Å². The largest absolute Gasteiger partial charge is 0.361 e. The van der Waals surface area contributed by atoms with Crippen molar-refractivity contribution in [3.05, 3.63) is 69.6 Å². The van der Waals surface area contributed by atoms with Crippen LogP contribution in [0.2, 0.25) is 0 Å². The van der Waals surface area contributed by atoms with Crippen molar-refractivity contribution in [3.8, 4) is 11.8 Å². The molecule has 28 heavy (non-hydrogen) atoms. The lowest BCUT2D eigenvalue weighted by atomic mass is 9.88. The molecule has 146 valence electrons. The fourth-order valence-corrected chi connectivity index (χ4v) is 3.14. The zero-order valence-electron chi connectivity index (χ0n) is 16.5. The SMILES string of the molecule is Cc1cccn(CC2(c3ccc(C#CC(C)(C)C)cc3)NC(O)NC2=O)c1=O. The van der Waals surface area contributed by atoms with Gasteiger partial charge in [0.1, 0.15) is 5.54 Å². The molecule has 1 aliphatic rings. The zero-order chi connectivity index (χ0) is 20.5. The van der Waals surface area contributed by atoms with Crippen molar-refractivity contribution in [3.63, 3.8) is 0 Å². The first-order chi connectivity index (χ1) is 13.1. The second kappa shape index (κ2) is 7.27. The van der Waals surface area contributed by atoms with Gasteiger partial charge < -0.3 is 15.0 Å². The summed E-state index contributed by atoms with van der Waals surface area (Å²) in [6.07, 6.45) is 0.452. The summed E-state index contributed by atoms with van der Waals surface area (Å²) >= 11 is 0. The van der Waals surface area contributed by atoms with E-state index in [0.717, 1.165) is 5.56 Å². The molecular formula is C22H25N3O3. The van der Waals surface area contributed by atoms with Crippen molar-refractivity contribution in [2.75, 3.05) is 0 Å². The molecule has 1 amide bonds. The van der Waals surface area contributed by atoms with Gasteiger partial charge in [0.15, 0.2) is 6.35 Å². The first-order valence-electron chi connectivity index (χ1n) is 9.17. The lowest BCUT2D eigenvalue weighted by Crippen LogP contribution is -2.49. The number of aliphatic hydroxyl groups is 1. The third-order valence-corrected chi connectivity index (χ3v) is 4.62. The van der Waals surface area contributed by atoms with Gasteiger partial charge in [0.05, 0.1) is 6.54 Å². The number of nitrogens with zero attached hydrogens (tertiary/aromatic N) is 1. The molecule has 0 radical (unpaired) electrons. The highest BCUT2D eigenvalue weighted by Crippen LogP contribution is 2.28. The Morgan fingerprint density at radius 3 is 2.43 bits per heavy atom. The Balaban J connectivity index is 2.01. The average molecular weight is 379 g/mol. The highest BCUT2D eigenvalue weighted by atomic mass is 16.3. The maximum atomic E-state index is 12.8. The van der Waals surface area contributed by atoms with Gasteiger partial charge in [-0.15, -0.1) is 0 Å². The van der Waals surface area contributed by atoms with Gasteiger partial charge in [-0.3, -0.25) is 14.9 Å². The Bertz CT molecular complexity index is 1010. The fourth-order valence-electron chi connectivity index (χ4n) is 3.14. The van der Waals surface area contributed by atoms with Crippen molar-refractivity contribution < 1.29 is 9.90 Å². The van der Waals surface area contributed by atoms with Crippen LogP contribution in [0.3, 0.4) is 0 Å². The van der Waals surface area contributed by atoms with E-state index in [1.807, 2.05) is 32.9 Å². The second-order valence-electron chi connectivity index (χ2n) is 8.13. The number of nitrogens with one attached hydrogen (secondary N) is 2. The quantitative estimate of drug-likeness (QED) is 0.705. The maximum absolute atomic E-state index is 12.8. The summed E-state index contributed by atoms with van der Waals surface area (Å²) in [5.74, 6) is 5.91. The van der Waals surface area contributed by atoms with Gasteiger partial charge in [0.2, 0.25) is 5.91 Å². The van der Waals surface area contributed by atoms with E-state index < -0.39 is 11.9 Å². The summed E-state index contributed by atoms with van der Waals surface area (Å²) in [4.78, 5) is 25.2. The molecule has 3 rings (SSSR count). The van der Waals surface area contributed by atoms with Crippen LogP contribution < -0.4 is 16.2 Å². The normalized spacial score (nSPS) is 21.8. The molecule has 1 fully saturated rings. The first-order valence-corrected chi connectivity index (χ1v) is 9.17. The van der Waals surface area contributed by atoms with Gasteiger partial charge in [0, 0.05) is 22.7 Å². The molecule has 0 bridgehead atoms. The number of amides is 1. The van der Waals surface area contributed by atoms with Crippen molar-refractivity contribution in [1.29, 1.82) is 0 Å². The van der Waals surface area contributed by atoms with Gasteiger partial charge in [-0.2, -0.15) is 0 Å². The van der Waals surface area contributed by atoms with Crippen molar-refractivity contribution >= 4 is 5.91 Å². The Kier molecular flexibility index (Phi) is 5.16. The molecule has 2 aromatic rings. The highest BCUT2D eigenvalue weighted by molar-refractivity contribution is 5.89. The van der Waals surface area contributed by atoms with E-state index in [1.165, 1.54) is 4.57 Å². The van der Waals surface area contributed by atoms with Crippen LogP contribution in [0.25, 0.3) is 0 Å². The molecule has 1 aromatic heterocycles. The molecule has 6 nitrogen and oxygen atoms in total. The van der Waals surface area contributed by atoms with Crippen molar-refractivity contribution in [2.45, 2.75) is 46.1 Å². The van der Waals surface area contributed by atoms with Crippen LogP contribution in [0, 0.1) is 24.2 Å². The van der Waals surface area contributed by atoms with Crippen LogP contribution in [0.15, 0.2) is 47.4 Å². The molecule has 1 aliphatic heterocycles. The van der Waals surface area contributed by atoms with Gasteiger partial charge in [-0.05, 0) is 51.5 Å². The number of hydrogen-bond acceptors (Lipinski definition) is 4. The van der Waals surface area contributed by atoms with Crippen LogP contribution in [0.4, 0.5) is 0 Å². The number of hydrogen-bond donors (Lipinski definition) is 3. The molecule has 0 saturated carbocycles. The number of carbonyl (C=O) groups excluding carboxylic acids is 1. The minimum absolute atomic E-state index is 0.0590. The fraction of sp³-hybridized carbons (Fsp3) is 0.364. The predicted molar refractivity (Wildman–Crippen MR) is 107 cm³/mol. The van der Waals surface area contributed by atoms with Gasteiger partial charge >= 0.3 is 0 Å². The third kappa shape index (κ3) is 4.01. The molecule has 2 atom stereocenters. The minimum Gasteiger partial charge on any atom is -0.361 e. The molecule has 1 saturated heterocycles. The predicted octanol–water partition coefficient (Wildman–Crippen LogP) is 1.45. The number of carbonyl (C=O) groups is 1. The highest BCUT2D eigenvalue weighted by Gasteiger charge is 2.48. The van der Waals surface area contributed by atoms with E-state index in [2.05, 4.69) is 22.5 Å². The Labute approximate surface area is 164 Å². The Hall–Kier alpha value is -2.88. The lowest BCUT2D eigenvalue weighted by Gasteiger charge is -2.28. The minimum atomic E-state index is -1.26. The summed E-state index contributed by atoms with van der Waals surface area (Å²) in [5, 5.41) is 15.4. The monoisotopic (exact) mass is 379 g/mol. The molecule has 1 aromatic carbocycles. The summed E-state index contributed by atoms with van der Waals surface area (Å²) in [6.45, 7) is 7.90. The lowest BCUT2D eigenvalue weighted by molar-refractivity contribution is -0.125. The number of rotatable bonds is 3. The van der Waals surface area contributed by atoms with Gasteiger partial charge in [-0.1, -0.05) is 30.0 Å². The zero-order valence-corrected chi connectivity index (χ0v) is 16.5. The molecule has 6 heteroatoms. The standard InChI is InChI=1S/C22H25N3O3/c1-15-6-5-13-25(18(15)26)14-22(19(27)23-20(28)24-22)17-9-7-16(8-10-17)11-12-21(2,3)4/h5-10,13,20,24,28H,14H2,1-4H3,(H,23,27). The molecule has 3 N–H and O–H groups in total. The maximum Gasteiger partial charge on any atom is 0.253 e. The second-order valence-corrected chi connectivity index (χ2v) is 8.13. The molecule has 0 aliphatic carbocycles. The summed E-state index contributed by atoms with van der Waals surface area (Å²) < 4.78 is 1.48. The Morgan fingerprint density at radius 2 is 1.86 bits per heavy atom. The topological polar surface area (TPSA) is 83.4 Å². The summed E-state index contributed by atoms with van der Waals surface area (Å²) in [7, 11) is 0. The van der Waals surface area contributed by atoms with Crippen LogP contribution in [0.5, 0.6) is 0 Å². The number of aryl methyl sites for hydroxylation is 1. The van der Waals surface area contributed by atoms with Crippen LogP contribution >= 0.6 is 0 Å².